The molecule has 0 saturated carbocycles. The number of nitrogens with zero attached hydrogens (tertiary/aromatic N) is 1. The van der Waals surface area contributed by atoms with Crippen LogP contribution in [0.3, 0.4) is 0 Å². The van der Waals surface area contributed by atoms with Crippen LogP contribution in [0, 0.1) is 0 Å². The third-order valence-electron chi connectivity index (χ3n) is 1.54. The van der Waals surface area contributed by atoms with Crippen molar-refractivity contribution >= 4 is 6.08 Å². The quantitative estimate of drug-likeness (QED) is 0.549. The average molecular weight is 147 g/mol. The van der Waals surface area contributed by atoms with Crippen LogP contribution in [0.5, 0.6) is 0 Å². The molecule has 0 fully saturated rings. The molecule has 0 amide bonds. The minimum Gasteiger partial charge on any atom is -0.257 e. The molecule has 1 heteroatoms. The molecule has 0 spiro atoms. The van der Waals surface area contributed by atoms with Crippen molar-refractivity contribution in [1.29, 1.82) is 0 Å². The molecule has 0 saturated heterocycles. The van der Waals surface area contributed by atoms with Gasteiger partial charge in [-0.25, -0.2) is 0 Å². The first-order valence-electron chi connectivity index (χ1n) is 4.07. The van der Waals surface area contributed by atoms with Crippen molar-refractivity contribution < 1.29 is 0 Å². The Morgan fingerprint density at radius 2 is 2.18 bits per heavy atom. The van der Waals surface area contributed by atoms with Crippen molar-refractivity contribution in [1.82, 2.24) is 4.98 Å². The molecule has 1 aromatic rings. The lowest BCUT2D eigenvalue weighted by atomic mass is 10.2. The van der Waals surface area contributed by atoms with Gasteiger partial charge < -0.3 is 0 Å². The van der Waals surface area contributed by atoms with Crippen molar-refractivity contribution in [2.75, 3.05) is 0 Å². The number of fused-ring (bicyclic) bond motifs is 1. The van der Waals surface area contributed by atoms with Crippen LogP contribution < -0.4 is 0 Å². The number of hydrogen-bond donors (Lipinski definition) is 0. The summed E-state index contributed by atoms with van der Waals surface area (Å²) in [5.74, 6) is 0. The maximum absolute atomic E-state index is 4.17. The van der Waals surface area contributed by atoms with E-state index in [1.54, 1.807) is 0 Å². The normalized spacial score (nSPS) is 11.8. The van der Waals surface area contributed by atoms with Gasteiger partial charge >= 0.3 is 0 Å². The number of aromatic nitrogens is 1. The molecule has 11 heavy (non-hydrogen) atoms. The van der Waals surface area contributed by atoms with E-state index in [0.717, 1.165) is 12.1 Å². The van der Waals surface area contributed by atoms with Crippen molar-refractivity contribution in [3.63, 3.8) is 0 Å². The van der Waals surface area contributed by atoms with Crippen molar-refractivity contribution in [2.45, 2.75) is 20.3 Å². The summed E-state index contributed by atoms with van der Waals surface area (Å²) < 4.78 is 0. The highest BCUT2D eigenvalue weighted by molar-refractivity contribution is 5.55. The Hall–Kier alpha value is -1.11. The summed E-state index contributed by atoms with van der Waals surface area (Å²) >= 11 is 0. The Bertz CT molecular complexity index is 251. The van der Waals surface area contributed by atoms with Gasteiger partial charge in [0.25, 0.3) is 0 Å². The average Bonchev–Trinajstić information content (AvgIpc) is 2.55. The van der Waals surface area contributed by atoms with Crippen molar-refractivity contribution in [2.24, 2.45) is 0 Å². The van der Waals surface area contributed by atoms with Gasteiger partial charge in [-0.2, -0.15) is 0 Å². The van der Waals surface area contributed by atoms with Crippen LogP contribution in [0.4, 0.5) is 0 Å². The highest BCUT2D eigenvalue weighted by atomic mass is 14.7. The first-order chi connectivity index (χ1) is 5.47. The molecule has 1 aliphatic carbocycles. The van der Waals surface area contributed by atoms with Gasteiger partial charge in [-0.3, -0.25) is 4.98 Å². The predicted octanol–water partition coefficient (Wildman–Crippen LogP) is 2.68. The fourth-order valence-electron chi connectivity index (χ4n) is 1.07. The fraction of sp³-hybridized carbons (Fsp3) is 0.300. The second-order valence-electron chi connectivity index (χ2n) is 2.15. The summed E-state index contributed by atoms with van der Waals surface area (Å²) in [6.45, 7) is 4.00. The van der Waals surface area contributed by atoms with Gasteiger partial charge in [0.05, 0.1) is 5.69 Å². The molecule has 1 nitrogen and oxygen atoms in total. The molecule has 0 unspecified atom stereocenters. The second kappa shape index (κ2) is 3.91. The Morgan fingerprint density at radius 1 is 1.36 bits per heavy atom. The zero-order chi connectivity index (χ0) is 8.10. The number of rotatable bonds is 0. The van der Waals surface area contributed by atoms with Crippen molar-refractivity contribution in [3.8, 4) is 0 Å². The molecule has 1 heterocycles. The van der Waals surface area contributed by atoms with Gasteiger partial charge in [-0.15, -0.1) is 0 Å². The minimum atomic E-state index is 1.06. The largest absolute Gasteiger partial charge is 0.257 e. The topological polar surface area (TPSA) is 12.9 Å². The standard InChI is InChI=1S/C8H7N.C2H6/c1-3-7-4-2-6-9-8(7)5-1;1-2/h1-2,4-6H,3H2;1-2H3. The lowest BCUT2D eigenvalue weighted by Crippen LogP contribution is -1.82. The van der Waals surface area contributed by atoms with Crippen molar-refractivity contribution in [3.05, 3.63) is 35.7 Å². The molecule has 0 radical (unpaired) electrons. The minimum absolute atomic E-state index is 1.06. The lowest BCUT2D eigenvalue weighted by molar-refractivity contribution is 1.21. The van der Waals surface area contributed by atoms with Crippen LogP contribution in [-0.2, 0) is 6.42 Å². The number of pyridine rings is 1. The molecule has 0 N–H and O–H groups in total. The van der Waals surface area contributed by atoms with E-state index in [2.05, 4.69) is 23.2 Å². The molecule has 2 rings (SSSR count). The fourth-order valence-corrected chi connectivity index (χ4v) is 1.07. The van der Waals surface area contributed by atoms with E-state index >= 15 is 0 Å². The van der Waals surface area contributed by atoms with Crippen LogP contribution in [-0.4, -0.2) is 4.98 Å². The van der Waals surface area contributed by atoms with Crippen LogP contribution in [0.2, 0.25) is 0 Å². The summed E-state index contributed by atoms with van der Waals surface area (Å²) in [4.78, 5) is 4.17. The summed E-state index contributed by atoms with van der Waals surface area (Å²) in [7, 11) is 0. The molecule has 0 aromatic carbocycles. The molecule has 0 aliphatic heterocycles. The smallest absolute Gasteiger partial charge is 0.0661 e. The molecule has 0 bridgehead atoms. The first kappa shape index (κ1) is 7.99. The van der Waals surface area contributed by atoms with Crippen LogP contribution >= 0.6 is 0 Å². The number of hydrogen-bond acceptors (Lipinski definition) is 1. The van der Waals surface area contributed by atoms with Crippen LogP contribution in [0.25, 0.3) is 6.08 Å². The third kappa shape index (κ3) is 1.67. The predicted molar refractivity (Wildman–Crippen MR) is 48.3 cm³/mol. The molecule has 0 atom stereocenters. The highest BCUT2D eigenvalue weighted by Crippen LogP contribution is 2.14. The maximum Gasteiger partial charge on any atom is 0.0661 e. The van der Waals surface area contributed by atoms with E-state index in [1.807, 2.05) is 26.1 Å². The highest BCUT2D eigenvalue weighted by Gasteiger charge is 2.01. The lowest BCUT2D eigenvalue weighted by Gasteiger charge is -1.92. The van der Waals surface area contributed by atoms with Gasteiger partial charge in [-0.1, -0.05) is 26.0 Å². The summed E-state index contributed by atoms with van der Waals surface area (Å²) in [6, 6.07) is 4.09. The number of allylic oxidation sites excluding steroid dienone is 1. The zero-order valence-corrected chi connectivity index (χ0v) is 7.04. The van der Waals surface area contributed by atoms with Gasteiger partial charge in [0.1, 0.15) is 0 Å². The maximum atomic E-state index is 4.17. The van der Waals surface area contributed by atoms with Gasteiger partial charge in [0.2, 0.25) is 0 Å². The van der Waals surface area contributed by atoms with E-state index in [1.165, 1.54) is 5.56 Å². The SMILES string of the molecule is C1=Cc2ncccc2C1.CC. The summed E-state index contributed by atoms with van der Waals surface area (Å²) in [6.07, 6.45) is 7.09. The molecular formula is C10H13N. The Labute approximate surface area is 67.8 Å². The van der Waals surface area contributed by atoms with E-state index in [0.29, 0.717) is 0 Å². The summed E-state index contributed by atoms with van der Waals surface area (Å²) in [5.41, 5.74) is 2.48. The van der Waals surface area contributed by atoms with Gasteiger partial charge in [0.15, 0.2) is 0 Å². The molecule has 58 valence electrons. The van der Waals surface area contributed by atoms with E-state index in [4.69, 9.17) is 0 Å². The van der Waals surface area contributed by atoms with Gasteiger partial charge in [-0.05, 0) is 24.1 Å². The van der Waals surface area contributed by atoms with E-state index < -0.39 is 0 Å². The van der Waals surface area contributed by atoms with Gasteiger partial charge in [0, 0.05) is 6.20 Å². The van der Waals surface area contributed by atoms with Crippen LogP contribution in [0.15, 0.2) is 24.4 Å². The monoisotopic (exact) mass is 147 g/mol. The van der Waals surface area contributed by atoms with E-state index in [9.17, 15) is 0 Å². The first-order valence-corrected chi connectivity index (χ1v) is 4.07. The Morgan fingerprint density at radius 3 is 2.91 bits per heavy atom. The Kier molecular flexibility index (Phi) is 2.84. The zero-order valence-electron chi connectivity index (χ0n) is 7.04. The summed E-state index contributed by atoms with van der Waals surface area (Å²) in [5, 5.41) is 0. The second-order valence-corrected chi connectivity index (χ2v) is 2.15. The third-order valence-corrected chi connectivity index (χ3v) is 1.54. The molecule has 1 aliphatic rings. The van der Waals surface area contributed by atoms with E-state index in [-0.39, 0.29) is 0 Å². The van der Waals surface area contributed by atoms with Crippen LogP contribution in [0.1, 0.15) is 25.1 Å². The molecular weight excluding hydrogens is 134 g/mol. The molecule has 1 aromatic heterocycles. The Balaban J connectivity index is 0.000000281.